The van der Waals surface area contributed by atoms with Gasteiger partial charge in [0.15, 0.2) is 0 Å². The number of carbonyl (C=O) groups excluding carboxylic acids is 1. The summed E-state index contributed by atoms with van der Waals surface area (Å²) in [6.45, 7) is 5.95. The van der Waals surface area contributed by atoms with Gasteiger partial charge in [0.1, 0.15) is 5.82 Å². The second-order valence-electron chi connectivity index (χ2n) is 9.11. The first-order chi connectivity index (χ1) is 16.6. The zero-order valence-electron chi connectivity index (χ0n) is 19.9. The van der Waals surface area contributed by atoms with Crippen molar-refractivity contribution in [3.05, 3.63) is 107 Å². The quantitative estimate of drug-likeness (QED) is 0.515. The van der Waals surface area contributed by atoms with Crippen molar-refractivity contribution in [1.82, 2.24) is 15.1 Å². The molecule has 0 aromatic heterocycles. The highest BCUT2D eigenvalue weighted by Crippen LogP contribution is 2.30. The molecule has 4 nitrogen and oxygen atoms in total. The molecule has 1 saturated heterocycles. The molecule has 0 spiro atoms. The number of halogens is 1. The number of rotatable bonds is 8. The van der Waals surface area contributed by atoms with Crippen LogP contribution in [-0.2, 0) is 11.3 Å². The third-order valence-corrected chi connectivity index (χ3v) is 6.71. The summed E-state index contributed by atoms with van der Waals surface area (Å²) in [6.07, 6.45) is 0.708. The van der Waals surface area contributed by atoms with Crippen LogP contribution < -0.4 is 5.32 Å². The molecule has 1 fully saturated rings. The van der Waals surface area contributed by atoms with E-state index in [1.807, 2.05) is 53.4 Å². The summed E-state index contributed by atoms with van der Waals surface area (Å²) in [7, 11) is 0. The molecule has 4 rings (SSSR count). The SMILES string of the molecule is CC(CNCC(=O)N1CCC(c2ccccc2F)N(Cc2ccccc2)CC1)c1ccccc1. The van der Waals surface area contributed by atoms with Crippen molar-refractivity contribution < 1.29 is 9.18 Å². The first kappa shape index (κ1) is 24.1. The topological polar surface area (TPSA) is 35.6 Å². The van der Waals surface area contributed by atoms with Crippen LogP contribution in [0.25, 0.3) is 0 Å². The molecule has 0 saturated carbocycles. The van der Waals surface area contributed by atoms with Crippen LogP contribution in [-0.4, -0.2) is 48.4 Å². The Bertz CT molecular complexity index is 1040. The summed E-state index contributed by atoms with van der Waals surface area (Å²) in [5.41, 5.74) is 3.17. The van der Waals surface area contributed by atoms with E-state index in [9.17, 15) is 9.18 Å². The molecule has 0 aliphatic carbocycles. The van der Waals surface area contributed by atoms with Crippen molar-refractivity contribution >= 4 is 5.91 Å². The van der Waals surface area contributed by atoms with Gasteiger partial charge in [-0.25, -0.2) is 4.39 Å². The summed E-state index contributed by atoms with van der Waals surface area (Å²) < 4.78 is 14.7. The van der Waals surface area contributed by atoms with Gasteiger partial charge in [0.05, 0.1) is 6.54 Å². The molecule has 3 aromatic rings. The minimum absolute atomic E-state index is 0.0646. The fourth-order valence-corrected chi connectivity index (χ4v) is 4.74. The molecular weight excluding hydrogens is 425 g/mol. The van der Waals surface area contributed by atoms with E-state index in [0.29, 0.717) is 44.1 Å². The second-order valence-corrected chi connectivity index (χ2v) is 9.11. The molecular formula is C29H34FN3O. The van der Waals surface area contributed by atoms with E-state index in [2.05, 4.69) is 41.4 Å². The summed E-state index contributed by atoms with van der Waals surface area (Å²) >= 11 is 0. The van der Waals surface area contributed by atoms with Crippen LogP contribution in [0.3, 0.4) is 0 Å². The minimum atomic E-state index is -0.179. The normalized spacial score (nSPS) is 17.8. The molecule has 2 atom stereocenters. The minimum Gasteiger partial charge on any atom is -0.340 e. The lowest BCUT2D eigenvalue weighted by molar-refractivity contribution is -0.130. The first-order valence-corrected chi connectivity index (χ1v) is 12.2. The Kier molecular flexibility index (Phi) is 8.45. The van der Waals surface area contributed by atoms with Crippen LogP contribution in [0.4, 0.5) is 4.39 Å². The van der Waals surface area contributed by atoms with E-state index in [0.717, 1.165) is 13.1 Å². The van der Waals surface area contributed by atoms with Crippen molar-refractivity contribution in [3.8, 4) is 0 Å². The zero-order chi connectivity index (χ0) is 23.8. The van der Waals surface area contributed by atoms with Gasteiger partial charge < -0.3 is 10.2 Å². The highest BCUT2D eigenvalue weighted by molar-refractivity contribution is 5.78. The van der Waals surface area contributed by atoms with E-state index in [1.54, 1.807) is 6.07 Å². The van der Waals surface area contributed by atoms with Crippen LogP contribution in [0.15, 0.2) is 84.9 Å². The smallest absolute Gasteiger partial charge is 0.236 e. The lowest BCUT2D eigenvalue weighted by Crippen LogP contribution is -2.41. The van der Waals surface area contributed by atoms with Gasteiger partial charge in [0.2, 0.25) is 5.91 Å². The van der Waals surface area contributed by atoms with E-state index >= 15 is 0 Å². The molecule has 1 amide bonds. The first-order valence-electron chi connectivity index (χ1n) is 12.2. The highest BCUT2D eigenvalue weighted by Gasteiger charge is 2.29. The van der Waals surface area contributed by atoms with Gasteiger partial charge in [-0.3, -0.25) is 9.69 Å². The van der Waals surface area contributed by atoms with Gasteiger partial charge in [0, 0.05) is 44.3 Å². The summed E-state index contributed by atoms with van der Waals surface area (Å²) in [6, 6.07) is 27.6. The lowest BCUT2D eigenvalue weighted by atomic mass is 10.0. The van der Waals surface area contributed by atoms with Crippen molar-refractivity contribution in [1.29, 1.82) is 0 Å². The van der Waals surface area contributed by atoms with Gasteiger partial charge in [-0.1, -0.05) is 85.8 Å². The molecule has 1 heterocycles. The van der Waals surface area contributed by atoms with Gasteiger partial charge in [-0.15, -0.1) is 0 Å². The van der Waals surface area contributed by atoms with E-state index in [4.69, 9.17) is 0 Å². The number of benzene rings is 3. The fraction of sp³-hybridized carbons (Fsp3) is 0.345. The second kappa shape index (κ2) is 11.9. The Morgan fingerprint density at radius 1 is 0.941 bits per heavy atom. The van der Waals surface area contributed by atoms with Crippen LogP contribution in [0.1, 0.15) is 42.0 Å². The van der Waals surface area contributed by atoms with E-state index < -0.39 is 0 Å². The van der Waals surface area contributed by atoms with Crippen molar-refractivity contribution in [2.75, 3.05) is 32.7 Å². The number of nitrogens with one attached hydrogen (secondary N) is 1. The van der Waals surface area contributed by atoms with Crippen LogP contribution >= 0.6 is 0 Å². The molecule has 5 heteroatoms. The largest absolute Gasteiger partial charge is 0.340 e. The number of hydrogen-bond acceptors (Lipinski definition) is 3. The number of carbonyl (C=O) groups is 1. The van der Waals surface area contributed by atoms with Gasteiger partial charge in [-0.2, -0.15) is 0 Å². The van der Waals surface area contributed by atoms with E-state index in [-0.39, 0.29) is 17.8 Å². The third kappa shape index (κ3) is 6.31. The molecule has 0 radical (unpaired) electrons. The Balaban J connectivity index is 1.39. The van der Waals surface area contributed by atoms with Crippen LogP contribution in [0, 0.1) is 5.82 Å². The van der Waals surface area contributed by atoms with Crippen LogP contribution in [0.2, 0.25) is 0 Å². The summed E-state index contributed by atoms with van der Waals surface area (Å²) in [5.74, 6) is 0.265. The molecule has 178 valence electrons. The fourth-order valence-electron chi connectivity index (χ4n) is 4.74. The van der Waals surface area contributed by atoms with Crippen LogP contribution in [0.5, 0.6) is 0 Å². The van der Waals surface area contributed by atoms with Gasteiger partial charge in [-0.05, 0) is 29.5 Å². The number of hydrogen-bond donors (Lipinski definition) is 1. The Morgan fingerprint density at radius 2 is 1.62 bits per heavy atom. The number of amides is 1. The lowest BCUT2D eigenvalue weighted by Gasteiger charge is -2.30. The molecule has 1 aliphatic rings. The zero-order valence-corrected chi connectivity index (χ0v) is 19.9. The molecule has 34 heavy (non-hydrogen) atoms. The standard InChI is InChI=1S/C29H34FN3O/c1-23(25-12-6-3-7-13-25)20-31-21-29(34)32-17-16-28(26-14-8-9-15-27(26)30)33(19-18-32)22-24-10-4-2-5-11-24/h2-15,23,28,31H,16-22H2,1H3. The van der Waals surface area contributed by atoms with Crippen molar-refractivity contribution in [2.45, 2.75) is 31.8 Å². The molecule has 2 unspecified atom stereocenters. The Morgan fingerprint density at radius 3 is 2.35 bits per heavy atom. The maximum absolute atomic E-state index is 14.7. The summed E-state index contributed by atoms with van der Waals surface area (Å²) in [5, 5.41) is 3.34. The maximum Gasteiger partial charge on any atom is 0.236 e. The predicted molar refractivity (Wildman–Crippen MR) is 135 cm³/mol. The Hall–Kier alpha value is -3.02. The molecule has 0 bridgehead atoms. The average molecular weight is 460 g/mol. The average Bonchev–Trinajstić information content (AvgIpc) is 3.08. The number of nitrogens with zero attached hydrogens (tertiary/aromatic N) is 2. The monoisotopic (exact) mass is 459 g/mol. The third-order valence-electron chi connectivity index (χ3n) is 6.71. The van der Waals surface area contributed by atoms with Crippen molar-refractivity contribution in [3.63, 3.8) is 0 Å². The van der Waals surface area contributed by atoms with E-state index in [1.165, 1.54) is 17.2 Å². The molecule has 1 N–H and O–H groups in total. The molecule has 3 aromatic carbocycles. The Labute approximate surface area is 202 Å². The van der Waals surface area contributed by atoms with Gasteiger partial charge >= 0.3 is 0 Å². The predicted octanol–water partition coefficient (Wildman–Crippen LogP) is 4.99. The molecule has 1 aliphatic heterocycles. The summed E-state index contributed by atoms with van der Waals surface area (Å²) in [4.78, 5) is 17.3. The van der Waals surface area contributed by atoms with Gasteiger partial charge in [0.25, 0.3) is 0 Å². The highest BCUT2D eigenvalue weighted by atomic mass is 19.1. The maximum atomic E-state index is 14.7. The van der Waals surface area contributed by atoms with Crippen molar-refractivity contribution in [2.24, 2.45) is 0 Å².